The largest absolute Gasteiger partial charge is 0.369 e. The van der Waals surface area contributed by atoms with E-state index in [2.05, 4.69) is 10.0 Å². The number of rotatable bonds is 2. The van der Waals surface area contributed by atoms with Gasteiger partial charge in [0.1, 0.15) is 11.0 Å². The number of nitrogens with one attached hydrogen (secondary N) is 2. The fourth-order valence-electron chi connectivity index (χ4n) is 0.786. The number of primary amides is 1. The van der Waals surface area contributed by atoms with Crippen molar-refractivity contribution in [1.82, 2.24) is 10.0 Å². The Balaban J connectivity index is 2.85. The third-order valence-electron chi connectivity index (χ3n) is 1.58. The lowest BCUT2D eigenvalue weighted by Gasteiger charge is -2.18. The van der Waals surface area contributed by atoms with E-state index in [9.17, 15) is 13.8 Å². The number of hydrogen-bond acceptors (Lipinski definition) is 3. The monoisotopic (exact) mass is 203 g/mol. The van der Waals surface area contributed by atoms with Gasteiger partial charge >= 0.3 is 6.03 Å². The molecule has 3 amide bonds. The minimum Gasteiger partial charge on any atom is -0.369 e. The summed E-state index contributed by atoms with van der Waals surface area (Å²) in [6.45, 7) is 1.52. The molecule has 72 valence electrons. The maximum Gasteiger partial charge on any atom is 0.331 e. The van der Waals surface area contributed by atoms with Gasteiger partial charge in [0.25, 0.3) is 0 Å². The van der Waals surface area contributed by atoms with Crippen molar-refractivity contribution >= 4 is 22.9 Å². The second kappa shape index (κ2) is 3.56. The Morgan fingerprint density at radius 3 is 2.77 bits per heavy atom. The molecule has 1 heterocycles. The van der Waals surface area contributed by atoms with E-state index in [4.69, 9.17) is 5.73 Å². The van der Waals surface area contributed by atoms with Gasteiger partial charge in [0.15, 0.2) is 0 Å². The highest BCUT2D eigenvalue weighted by atomic mass is 32.2. The first kappa shape index (κ1) is 9.72. The number of urea groups is 1. The molecule has 0 bridgehead atoms. The van der Waals surface area contributed by atoms with Crippen molar-refractivity contribution in [3.63, 3.8) is 0 Å². The molecule has 2 unspecified atom stereocenters. The predicted molar refractivity (Wildman–Crippen MR) is 46.3 cm³/mol. The van der Waals surface area contributed by atoms with E-state index in [1.165, 1.54) is 12.3 Å². The lowest BCUT2D eigenvalue weighted by Crippen LogP contribution is -2.43. The number of carbonyl (C=O) groups is 2. The van der Waals surface area contributed by atoms with Gasteiger partial charge < -0.3 is 11.1 Å². The Morgan fingerprint density at radius 2 is 2.31 bits per heavy atom. The van der Waals surface area contributed by atoms with Crippen LogP contribution in [0.2, 0.25) is 0 Å². The minimum atomic E-state index is -1.57. The third-order valence-corrected chi connectivity index (χ3v) is 2.43. The Morgan fingerprint density at radius 1 is 1.69 bits per heavy atom. The van der Waals surface area contributed by atoms with Crippen molar-refractivity contribution < 1.29 is 13.8 Å². The van der Waals surface area contributed by atoms with Gasteiger partial charge in [-0.15, -0.1) is 0 Å². The van der Waals surface area contributed by atoms with Gasteiger partial charge in [-0.25, -0.2) is 9.00 Å². The van der Waals surface area contributed by atoms with Gasteiger partial charge in [-0.2, -0.15) is 0 Å². The van der Waals surface area contributed by atoms with Crippen LogP contribution >= 0.6 is 0 Å². The van der Waals surface area contributed by atoms with Crippen LogP contribution in [0.1, 0.15) is 6.92 Å². The van der Waals surface area contributed by atoms with Crippen molar-refractivity contribution in [2.24, 2.45) is 11.7 Å². The van der Waals surface area contributed by atoms with Gasteiger partial charge in [-0.05, 0) is 6.92 Å². The lowest BCUT2D eigenvalue weighted by molar-refractivity contribution is -0.120. The first-order valence-corrected chi connectivity index (χ1v) is 4.71. The molecule has 1 aliphatic rings. The van der Waals surface area contributed by atoms with Crippen LogP contribution in [0.15, 0.2) is 11.1 Å². The topological polar surface area (TPSA) is 101 Å². The summed E-state index contributed by atoms with van der Waals surface area (Å²) in [5.74, 6) is -1.22. The molecule has 0 fully saturated rings. The van der Waals surface area contributed by atoms with E-state index in [1.807, 2.05) is 0 Å². The van der Waals surface area contributed by atoms with Crippen LogP contribution in [0.25, 0.3) is 0 Å². The first-order valence-electron chi connectivity index (χ1n) is 3.50. The standard InChI is InChI=1S/C6H9N3O3S/c1-3(5(7)10)4-2-13(12)9-6(11)8-4/h2-3H,1H3,(H2,7,10)(H2,8,9,11). The minimum absolute atomic E-state index is 0.273. The molecule has 0 saturated carbocycles. The molecule has 0 aromatic rings. The van der Waals surface area contributed by atoms with Gasteiger partial charge in [-0.3, -0.25) is 9.52 Å². The molecular weight excluding hydrogens is 194 g/mol. The van der Waals surface area contributed by atoms with Crippen molar-refractivity contribution in [1.29, 1.82) is 0 Å². The molecular formula is C6H9N3O3S. The van der Waals surface area contributed by atoms with Gasteiger partial charge in [-0.1, -0.05) is 0 Å². The SMILES string of the molecule is CC(C(N)=O)C1=CS(=O)NC(=O)N1. The Hall–Kier alpha value is -1.37. The maximum atomic E-state index is 10.9. The highest BCUT2D eigenvalue weighted by Gasteiger charge is 2.22. The van der Waals surface area contributed by atoms with Crippen LogP contribution < -0.4 is 15.8 Å². The molecule has 6 nitrogen and oxygen atoms in total. The lowest BCUT2D eigenvalue weighted by atomic mass is 10.1. The second-order valence-corrected chi connectivity index (χ2v) is 3.59. The molecule has 2 atom stereocenters. The molecule has 0 radical (unpaired) electrons. The fraction of sp³-hybridized carbons (Fsp3) is 0.333. The van der Waals surface area contributed by atoms with E-state index >= 15 is 0 Å². The molecule has 4 N–H and O–H groups in total. The molecule has 0 spiro atoms. The van der Waals surface area contributed by atoms with Gasteiger partial charge in [0, 0.05) is 11.1 Å². The molecule has 1 aliphatic heterocycles. The van der Waals surface area contributed by atoms with Crippen LogP contribution in [-0.4, -0.2) is 16.1 Å². The van der Waals surface area contributed by atoms with Crippen molar-refractivity contribution in [2.45, 2.75) is 6.92 Å². The highest BCUT2D eigenvalue weighted by Crippen LogP contribution is 2.09. The van der Waals surface area contributed by atoms with Crippen LogP contribution in [0.3, 0.4) is 0 Å². The average Bonchev–Trinajstić information content (AvgIpc) is 2.01. The molecule has 0 aromatic heterocycles. The molecule has 0 saturated heterocycles. The quantitative estimate of drug-likeness (QED) is 0.532. The molecule has 1 rings (SSSR count). The number of amides is 3. The second-order valence-electron chi connectivity index (χ2n) is 2.55. The zero-order valence-corrected chi connectivity index (χ0v) is 7.68. The first-order chi connectivity index (χ1) is 6.00. The van der Waals surface area contributed by atoms with E-state index in [1.54, 1.807) is 0 Å². The summed E-state index contributed by atoms with van der Waals surface area (Å²) in [7, 11) is -1.57. The summed E-state index contributed by atoms with van der Waals surface area (Å²) in [6.07, 6.45) is 0. The van der Waals surface area contributed by atoms with Crippen LogP contribution in [0, 0.1) is 5.92 Å². The van der Waals surface area contributed by atoms with E-state index in [0.29, 0.717) is 0 Å². The summed E-state index contributed by atoms with van der Waals surface area (Å²) >= 11 is 0. The zero-order chi connectivity index (χ0) is 10.0. The van der Waals surface area contributed by atoms with Gasteiger partial charge in [0.2, 0.25) is 5.91 Å². The number of carbonyl (C=O) groups excluding carboxylic acids is 2. The molecule has 13 heavy (non-hydrogen) atoms. The van der Waals surface area contributed by atoms with Crippen molar-refractivity contribution in [3.05, 3.63) is 11.1 Å². The number of nitrogens with two attached hydrogens (primary N) is 1. The Kier molecular flexibility index (Phi) is 2.66. The summed E-state index contributed by atoms with van der Waals surface area (Å²) in [4.78, 5) is 21.5. The number of hydrogen-bond donors (Lipinski definition) is 3. The van der Waals surface area contributed by atoms with Crippen LogP contribution in [0.5, 0.6) is 0 Å². The van der Waals surface area contributed by atoms with Crippen LogP contribution in [-0.2, 0) is 15.8 Å². The average molecular weight is 203 g/mol. The summed E-state index contributed by atoms with van der Waals surface area (Å²) in [5, 5.41) is 3.59. The normalized spacial score (nSPS) is 23.9. The molecule has 7 heteroatoms. The van der Waals surface area contributed by atoms with E-state index < -0.39 is 28.8 Å². The highest BCUT2D eigenvalue weighted by molar-refractivity contribution is 7.86. The summed E-state index contributed by atoms with van der Waals surface area (Å²) in [6, 6.07) is -0.594. The molecule has 0 aliphatic carbocycles. The Bertz CT molecular complexity index is 312. The van der Waals surface area contributed by atoms with E-state index in [-0.39, 0.29) is 5.70 Å². The maximum absolute atomic E-state index is 10.9. The fourth-order valence-corrected chi connectivity index (χ4v) is 1.57. The summed E-state index contributed by atoms with van der Waals surface area (Å²) < 4.78 is 13.0. The zero-order valence-electron chi connectivity index (χ0n) is 6.87. The molecule has 0 aromatic carbocycles. The summed E-state index contributed by atoms with van der Waals surface area (Å²) in [5.41, 5.74) is 5.28. The predicted octanol–water partition coefficient (Wildman–Crippen LogP) is -1.07. The Labute approximate surface area is 77.1 Å². The van der Waals surface area contributed by atoms with Crippen LogP contribution in [0.4, 0.5) is 4.79 Å². The van der Waals surface area contributed by atoms with E-state index in [0.717, 1.165) is 0 Å². The third kappa shape index (κ3) is 2.28. The van der Waals surface area contributed by atoms with Crippen molar-refractivity contribution in [2.75, 3.05) is 0 Å². The van der Waals surface area contributed by atoms with Crippen molar-refractivity contribution in [3.8, 4) is 0 Å². The van der Waals surface area contributed by atoms with Gasteiger partial charge in [0.05, 0.1) is 5.92 Å². The smallest absolute Gasteiger partial charge is 0.331 e.